The second-order valence-electron chi connectivity index (χ2n) is 8.46. The Morgan fingerprint density at radius 3 is 2.94 bits per heavy atom. The molecular weight excluding hydrogens is 467 g/mol. The molecule has 0 fully saturated rings. The van der Waals surface area contributed by atoms with Crippen LogP contribution in [0.15, 0.2) is 47.4 Å². The molecule has 1 amide bonds. The highest BCUT2D eigenvalue weighted by Crippen LogP contribution is 2.43. The Hall–Kier alpha value is -4.67. The van der Waals surface area contributed by atoms with Gasteiger partial charge in [-0.25, -0.2) is 14.4 Å². The quantitative estimate of drug-likeness (QED) is 0.325. The van der Waals surface area contributed by atoms with Crippen LogP contribution in [0.1, 0.15) is 28.4 Å². The summed E-state index contributed by atoms with van der Waals surface area (Å²) in [6.07, 6.45) is 5.91. The van der Waals surface area contributed by atoms with E-state index >= 15 is 0 Å². The number of methoxy groups -OCH3 is 1. The molecular formula is C25H21FN6O4. The highest BCUT2D eigenvalue weighted by atomic mass is 19.1. The molecule has 0 radical (unpaired) electrons. The number of ether oxygens (including phenoxy) is 2. The van der Waals surface area contributed by atoms with Crippen molar-refractivity contribution in [2.75, 3.05) is 25.6 Å². The van der Waals surface area contributed by atoms with E-state index in [2.05, 4.69) is 30.6 Å². The molecule has 0 aliphatic carbocycles. The number of nitrogens with one attached hydrogen (secondary N) is 4. The zero-order valence-electron chi connectivity index (χ0n) is 19.1. The minimum absolute atomic E-state index is 0.0150. The lowest BCUT2D eigenvalue weighted by Crippen LogP contribution is -2.34. The number of carbonyl (C=O) groups is 1. The Labute approximate surface area is 203 Å². The molecule has 36 heavy (non-hydrogen) atoms. The van der Waals surface area contributed by atoms with Crippen LogP contribution in [0.3, 0.4) is 0 Å². The maximum atomic E-state index is 14.5. The fourth-order valence-corrected chi connectivity index (χ4v) is 4.67. The molecule has 0 spiro atoms. The summed E-state index contributed by atoms with van der Waals surface area (Å²) >= 11 is 0. The first-order valence-corrected chi connectivity index (χ1v) is 11.4. The summed E-state index contributed by atoms with van der Waals surface area (Å²) in [5.74, 6) is -0.926. The van der Waals surface area contributed by atoms with Crippen molar-refractivity contribution in [1.29, 1.82) is 0 Å². The Balaban J connectivity index is 1.66. The van der Waals surface area contributed by atoms with Gasteiger partial charge in [-0.05, 0) is 24.6 Å². The number of aromatic nitrogens is 4. The number of benzene rings is 1. The van der Waals surface area contributed by atoms with Crippen LogP contribution >= 0.6 is 0 Å². The lowest BCUT2D eigenvalue weighted by molar-refractivity contribution is 0.0941. The summed E-state index contributed by atoms with van der Waals surface area (Å²) in [5, 5.41) is 6.18. The Kier molecular flexibility index (Phi) is 5.17. The number of amides is 1. The molecule has 4 bridgehead atoms. The highest BCUT2D eigenvalue weighted by molar-refractivity contribution is 6.08. The van der Waals surface area contributed by atoms with Crippen molar-refractivity contribution in [3.63, 3.8) is 0 Å². The third-order valence-electron chi connectivity index (χ3n) is 6.34. The predicted octanol–water partition coefficient (Wildman–Crippen LogP) is 3.37. The van der Waals surface area contributed by atoms with E-state index in [1.165, 1.54) is 13.2 Å². The normalized spacial score (nSPS) is 17.4. The van der Waals surface area contributed by atoms with Gasteiger partial charge in [0.2, 0.25) is 0 Å². The molecule has 0 saturated carbocycles. The van der Waals surface area contributed by atoms with Crippen molar-refractivity contribution in [3.8, 4) is 22.9 Å². The molecule has 1 aromatic carbocycles. The van der Waals surface area contributed by atoms with E-state index in [4.69, 9.17) is 9.47 Å². The van der Waals surface area contributed by atoms with Gasteiger partial charge in [-0.2, -0.15) is 0 Å². The number of carbonyl (C=O) groups excluding carboxylic acids is 1. The van der Waals surface area contributed by atoms with Crippen LogP contribution in [0, 0.1) is 5.82 Å². The molecule has 5 heterocycles. The number of fused-ring (bicyclic) bond motifs is 3. The Morgan fingerprint density at radius 2 is 2.08 bits per heavy atom. The van der Waals surface area contributed by atoms with Crippen molar-refractivity contribution >= 4 is 28.4 Å². The van der Waals surface area contributed by atoms with Gasteiger partial charge in [0.15, 0.2) is 17.2 Å². The summed E-state index contributed by atoms with van der Waals surface area (Å²) in [6, 6.07) is 6.24. The van der Waals surface area contributed by atoms with Crippen LogP contribution in [0.5, 0.6) is 11.6 Å². The molecule has 0 unspecified atom stereocenters. The second-order valence-corrected chi connectivity index (χ2v) is 8.46. The second kappa shape index (κ2) is 8.52. The van der Waals surface area contributed by atoms with Gasteiger partial charge in [0.1, 0.15) is 12.1 Å². The molecule has 1 atom stereocenters. The van der Waals surface area contributed by atoms with Crippen LogP contribution in [-0.2, 0) is 0 Å². The van der Waals surface area contributed by atoms with E-state index in [1.807, 2.05) is 12.2 Å². The van der Waals surface area contributed by atoms with Crippen LogP contribution in [0.25, 0.3) is 22.4 Å². The molecule has 10 nitrogen and oxygen atoms in total. The highest BCUT2D eigenvalue weighted by Gasteiger charge is 2.33. The Morgan fingerprint density at radius 1 is 1.19 bits per heavy atom. The maximum Gasteiger partial charge on any atom is 0.312 e. The smallest absolute Gasteiger partial charge is 0.312 e. The van der Waals surface area contributed by atoms with E-state index in [0.717, 1.165) is 5.69 Å². The number of hydrogen-bond acceptors (Lipinski definition) is 7. The van der Waals surface area contributed by atoms with Crippen molar-refractivity contribution in [2.24, 2.45) is 0 Å². The van der Waals surface area contributed by atoms with Gasteiger partial charge in [0, 0.05) is 29.9 Å². The third-order valence-corrected chi connectivity index (χ3v) is 6.34. The number of aromatic amines is 2. The number of pyridine rings is 1. The number of anilines is 2. The minimum atomic E-state index is -0.543. The van der Waals surface area contributed by atoms with Crippen LogP contribution in [0.2, 0.25) is 0 Å². The summed E-state index contributed by atoms with van der Waals surface area (Å²) in [6.45, 7) is 0.612. The number of H-pyrrole nitrogens is 2. The fourth-order valence-electron chi connectivity index (χ4n) is 4.67. The van der Waals surface area contributed by atoms with E-state index < -0.39 is 11.4 Å². The zero-order chi connectivity index (χ0) is 24.8. The predicted molar refractivity (Wildman–Crippen MR) is 131 cm³/mol. The molecule has 2 aliphatic rings. The van der Waals surface area contributed by atoms with Crippen molar-refractivity contribution < 1.29 is 18.7 Å². The van der Waals surface area contributed by atoms with E-state index in [1.54, 1.807) is 24.4 Å². The van der Waals surface area contributed by atoms with Gasteiger partial charge in [-0.1, -0.05) is 18.2 Å². The fraction of sp³-hybridized carbons (Fsp3) is 0.200. The summed E-state index contributed by atoms with van der Waals surface area (Å²) in [5.41, 5.74) is 3.19. The van der Waals surface area contributed by atoms with Gasteiger partial charge in [0.05, 0.1) is 29.7 Å². The molecule has 0 saturated heterocycles. The average molecular weight is 488 g/mol. The van der Waals surface area contributed by atoms with Gasteiger partial charge in [-0.3, -0.25) is 9.59 Å². The van der Waals surface area contributed by atoms with Gasteiger partial charge < -0.3 is 30.1 Å². The minimum Gasteiger partial charge on any atom is -0.492 e. The van der Waals surface area contributed by atoms with E-state index in [-0.39, 0.29) is 35.7 Å². The monoisotopic (exact) mass is 488 g/mol. The van der Waals surface area contributed by atoms with Crippen molar-refractivity contribution in [2.45, 2.75) is 12.3 Å². The van der Waals surface area contributed by atoms with Crippen molar-refractivity contribution in [3.05, 3.63) is 70.0 Å². The number of allylic oxidation sites excluding steroid dienone is 1. The summed E-state index contributed by atoms with van der Waals surface area (Å²) < 4.78 is 25.4. The maximum absolute atomic E-state index is 14.5. The molecule has 3 aromatic heterocycles. The lowest BCUT2D eigenvalue weighted by Gasteiger charge is -2.23. The first kappa shape index (κ1) is 21.8. The summed E-state index contributed by atoms with van der Waals surface area (Å²) in [4.78, 5) is 40.5. The molecule has 4 aromatic rings. The molecule has 11 heteroatoms. The molecule has 2 aliphatic heterocycles. The standard InChI is InChI=1S/C25H21FN6O4/c1-35-21-14(26)6-4-7-15(21)29-20-16-17-12(11-28-23(16)33)5-2-3-10-36-25-24(34)32-22-19(31-25)13(8-9-27-22)18(20)30-17/h2-4,6-9,12,29-30H,5,10-11H2,1H3,(H,28,33)(H,27,32,34)/b3-2-/t12-/m0/s1. The van der Waals surface area contributed by atoms with Crippen LogP contribution in [-0.4, -0.2) is 46.1 Å². The van der Waals surface area contributed by atoms with Crippen LogP contribution < -0.4 is 25.7 Å². The summed E-state index contributed by atoms with van der Waals surface area (Å²) in [7, 11) is 1.38. The van der Waals surface area contributed by atoms with Crippen molar-refractivity contribution in [1.82, 2.24) is 25.3 Å². The molecule has 4 N–H and O–H groups in total. The SMILES string of the molecule is COc1c(F)cccc1Nc1c2[nH]c3c1C(=O)NC[C@@H]3C/C=C\COc1nc3c-2ccnc3[nH]c1=O. The largest absolute Gasteiger partial charge is 0.492 e. The van der Waals surface area contributed by atoms with Gasteiger partial charge in [-0.15, -0.1) is 0 Å². The molecule has 6 rings (SSSR count). The van der Waals surface area contributed by atoms with Gasteiger partial charge in [0.25, 0.3) is 11.8 Å². The number of rotatable bonds is 3. The topological polar surface area (TPSA) is 134 Å². The van der Waals surface area contributed by atoms with Gasteiger partial charge >= 0.3 is 5.56 Å². The lowest BCUT2D eigenvalue weighted by atomic mass is 9.93. The number of nitrogens with zero attached hydrogens (tertiary/aromatic N) is 2. The van der Waals surface area contributed by atoms with E-state index in [9.17, 15) is 14.0 Å². The number of halogens is 1. The zero-order valence-corrected chi connectivity index (χ0v) is 19.1. The first-order chi connectivity index (χ1) is 17.5. The van der Waals surface area contributed by atoms with E-state index in [0.29, 0.717) is 46.7 Å². The van der Waals surface area contributed by atoms with Crippen LogP contribution in [0.4, 0.5) is 15.8 Å². The number of hydrogen-bond donors (Lipinski definition) is 4. The molecule has 182 valence electrons. The average Bonchev–Trinajstić information content (AvgIpc) is 3.25. The number of para-hydroxylation sites is 1. The Bertz CT molecular complexity index is 1610. The third kappa shape index (κ3) is 3.47. The first-order valence-electron chi connectivity index (χ1n) is 11.4.